The SMILES string of the molecule is [c]1cccc2c1SCCN2. The van der Waals surface area contributed by atoms with Gasteiger partial charge >= 0.3 is 0 Å². The summed E-state index contributed by atoms with van der Waals surface area (Å²) in [5.74, 6) is 1.16. The van der Waals surface area contributed by atoms with Crippen molar-refractivity contribution in [3.05, 3.63) is 24.3 Å². The van der Waals surface area contributed by atoms with E-state index in [0.717, 1.165) is 12.3 Å². The highest BCUT2D eigenvalue weighted by molar-refractivity contribution is 7.99. The second-order valence-corrected chi connectivity index (χ2v) is 3.29. The summed E-state index contributed by atoms with van der Waals surface area (Å²) in [6, 6.07) is 9.25. The van der Waals surface area contributed by atoms with E-state index in [1.165, 1.54) is 10.6 Å². The summed E-state index contributed by atoms with van der Waals surface area (Å²) in [5, 5.41) is 3.31. The van der Waals surface area contributed by atoms with Crippen LogP contribution in [0.4, 0.5) is 5.69 Å². The van der Waals surface area contributed by atoms with Crippen LogP contribution in [0.3, 0.4) is 0 Å². The first-order valence-electron chi connectivity index (χ1n) is 3.34. The average molecular weight is 150 g/mol. The molecule has 1 N–H and O–H groups in total. The van der Waals surface area contributed by atoms with Gasteiger partial charge < -0.3 is 5.32 Å². The number of hydrogen-bond acceptors (Lipinski definition) is 2. The van der Waals surface area contributed by atoms with Gasteiger partial charge in [0.05, 0.1) is 0 Å². The number of anilines is 1. The van der Waals surface area contributed by atoms with Crippen LogP contribution < -0.4 is 5.32 Å². The van der Waals surface area contributed by atoms with E-state index in [0.29, 0.717) is 0 Å². The van der Waals surface area contributed by atoms with E-state index in [2.05, 4.69) is 17.4 Å². The molecule has 1 aromatic carbocycles. The molecular formula is C8H8NS. The Bertz CT molecular complexity index is 209. The van der Waals surface area contributed by atoms with Crippen LogP contribution in [0.5, 0.6) is 0 Å². The zero-order valence-electron chi connectivity index (χ0n) is 5.55. The van der Waals surface area contributed by atoms with E-state index >= 15 is 0 Å². The number of nitrogens with one attached hydrogen (secondary N) is 1. The van der Waals surface area contributed by atoms with Crippen molar-refractivity contribution in [2.24, 2.45) is 0 Å². The van der Waals surface area contributed by atoms with Crippen molar-refractivity contribution in [3.63, 3.8) is 0 Å². The molecule has 1 radical (unpaired) electrons. The van der Waals surface area contributed by atoms with Crippen LogP contribution in [0.1, 0.15) is 0 Å². The van der Waals surface area contributed by atoms with Gasteiger partial charge in [-0.2, -0.15) is 0 Å². The predicted molar refractivity (Wildman–Crippen MR) is 44.5 cm³/mol. The molecule has 2 heteroatoms. The quantitative estimate of drug-likeness (QED) is 0.607. The molecule has 0 atom stereocenters. The Morgan fingerprint density at radius 1 is 1.60 bits per heavy atom. The highest BCUT2D eigenvalue weighted by Crippen LogP contribution is 2.29. The number of benzene rings is 1. The summed E-state index contributed by atoms with van der Waals surface area (Å²) in [5.41, 5.74) is 1.23. The van der Waals surface area contributed by atoms with Crippen molar-refractivity contribution in [1.82, 2.24) is 0 Å². The summed E-state index contributed by atoms with van der Waals surface area (Å²) in [4.78, 5) is 1.26. The summed E-state index contributed by atoms with van der Waals surface area (Å²) in [6.45, 7) is 1.08. The average Bonchev–Trinajstić information content (AvgIpc) is 2.05. The van der Waals surface area contributed by atoms with Crippen molar-refractivity contribution < 1.29 is 0 Å². The normalized spacial score (nSPS) is 15.6. The van der Waals surface area contributed by atoms with Gasteiger partial charge in [0.25, 0.3) is 0 Å². The highest BCUT2D eigenvalue weighted by atomic mass is 32.2. The van der Waals surface area contributed by atoms with Crippen molar-refractivity contribution >= 4 is 17.4 Å². The predicted octanol–water partition coefficient (Wildman–Crippen LogP) is 2.00. The molecule has 0 saturated heterocycles. The van der Waals surface area contributed by atoms with Gasteiger partial charge in [0.15, 0.2) is 0 Å². The first-order valence-corrected chi connectivity index (χ1v) is 4.33. The van der Waals surface area contributed by atoms with Crippen LogP contribution >= 0.6 is 11.8 Å². The maximum atomic E-state index is 3.31. The largest absolute Gasteiger partial charge is 0.383 e. The Hall–Kier alpha value is -0.630. The van der Waals surface area contributed by atoms with Gasteiger partial charge in [-0.25, -0.2) is 0 Å². The fourth-order valence-corrected chi connectivity index (χ4v) is 1.87. The topological polar surface area (TPSA) is 12.0 Å². The first kappa shape index (κ1) is 6.10. The number of hydrogen-bond donors (Lipinski definition) is 1. The molecule has 10 heavy (non-hydrogen) atoms. The smallest absolute Gasteiger partial charge is 0.0485 e. The monoisotopic (exact) mass is 150 g/mol. The van der Waals surface area contributed by atoms with Gasteiger partial charge in [0.2, 0.25) is 0 Å². The third-order valence-corrected chi connectivity index (χ3v) is 2.52. The zero-order chi connectivity index (χ0) is 6.81. The van der Waals surface area contributed by atoms with Gasteiger partial charge in [-0.3, -0.25) is 0 Å². The molecule has 1 aromatic rings. The van der Waals surface area contributed by atoms with Crippen LogP contribution in [0, 0.1) is 6.07 Å². The Morgan fingerprint density at radius 2 is 2.60 bits per heavy atom. The lowest BCUT2D eigenvalue weighted by atomic mass is 10.3. The van der Waals surface area contributed by atoms with Crippen molar-refractivity contribution in [1.29, 1.82) is 0 Å². The van der Waals surface area contributed by atoms with Gasteiger partial charge in [-0.05, 0) is 12.1 Å². The zero-order valence-corrected chi connectivity index (χ0v) is 6.37. The van der Waals surface area contributed by atoms with E-state index in [4.69, 9.17) is 0 Å². The maximum Gasteiger partial charge on any atom is 0.0485 e. The third kappa shape index (κ3) is 0.991. The molecule has 0 saturated carbocycles. The van der Waals surface area contributed by atoms with Gasteiger partial charge in [0, 0.05) is 22.9 Å². The van der Waals surface area contributed by atoms with E-state index in [9.17, 15) is 0 Å². The van der Waals surface area contributed by atoms with E-state index < -0.39 is 0 Å². The summed E-state index contributed by atoms with van der Waals surface area (Å²) >= 11 is 1.87. The van der Waals surface area contributed by atoms with Crippen LogP contribution in [-0.4, -0.2) is 12.3 Å². The summed E-state index contributed by atoms with van der Waals surface area (Å²) in [7, 11) is 0. The Kier molecular flexibility index (Phi) is 1.55. The van der Waals surface area contributed by atoms with Gasteiger partial charge in [-0.1, -0.05) is 12.1 Å². The molecule has 2 rings (SSSR count). The van der Waals surface area contributed by atoms with E-state index in [1.54, 1.807) is 0 Å². The highest BCUT2D eigenvalue weighted by Gasteiger charge is 2.05. The molecule has 0 unspecified atom stereocenters. The van der Waals surface area contributed by atoms with Crippen LogP contribution in [0.2, 0.25) is 0 Å². The van der Waals surface area contributed by atoms with Crippen LogP contribution in [-0.2, 0) is 0 Å². The molecule has 0 bridgehead atoms. The molecular weight excluding hydrogens is 142 g/mol. The van der Waals surface area contributed by atoms with Crippen LogP contribution in [0.25, 0.3) is 0 Å². The summed E-state index contributed by atoms with van der Waals surface area (Å²) in [6.07, 6.45) is 0. The number of rotatable bonds is 0. The molecule has 0 aromatic heterocycles. The fraction of sp³-hybridized carbons (Fsp3) is 0.250. The van der Waals surface area contributed by atoms with Gasteiger partial charge in [-0.15, -0.1) is 11.8 Å². The third-order valence-electron chi connectivity index (χ3n) is 1.48. The number of fused-ring (bicyclic) bond motifs is 1. The molecule has 51 valence electrons. The second kappa shape index (κ2) is 2.54. The lowest BCUT2D eigenvalue weighted by Crippen LogP contribution is -2.09. The van der Waals surface area contributed by atoms with Crippen molar-refractivity contribution in [2.45, 2.75) is 4.90 Å². The standard InChI is InChI=1S/C8H8NS/c1-2-4-8-7(3-1)9-5-6-10-8/h1-3,9H,5-6H2. The van der Waals surface area contributed by atoms with Crippen LogP contribution in [0.15, 0.2) is 23.1 Å². The van der Waals surface area contributed by atoms with E-state index in [-0.39, 0.29) is 0 Å². The lowest BCUT2D eigenvalue weighted by Gasteiger charge is -2.15. The molecule has 0 amide bonds. The molecule has 1 heterocycles. The Balaban J connectivity index is 2.41. The fourth-order valence-electron chi connectivity index (χ4n) is 1.02. The second-order valence-electron chi connectivity index (χ2n) is 2.19. The Morgan fingerprint density at radius 3 is 3.50 bits per heavy atom. The number of thioether (sulfide) groups is 1. The van der Waals surface area contributed by atoms with Crippen molar-refractivity contribution in [3.8, 4) is 0 Å². The Labute approximate surface area is 64.8 Å². The van der Waals surface area contributed by atoms with E-state index in [1.807, 2.05) is 23.9 Å². The molecule has 0 aliphatic carbocycles. The molecule has 1 nitrogen and oxygen atoms in total. The molecule has 1 aliphatic heterocycles. The lowest BCUT2D eigenvalue weighted by molar-refractivity contribution is 1.17. The minimum atomic E-state index is 1.08. The minimum absolute atomic E-state index is 1.08. The van der Waals surface area contributed by atoms with Crippen molar-refractivity contribution in [2.75, 3.05) is 17.6 Å². The summed E-state index contributed by atoms with van der Waals surface area (Å²) < 4.78 is 0. The molecule has 0 spiro atoms. The van der Waals surface area contributed by atoms with Gasteiger partial charge in [0.1, 0.15) is 0 Å². The maximum absolute atomic E-state index is 3.31. The minimum Gasteiger partial charge on any atom is -0.383 e. The first-order chi connectivity index (χ1) is 4.97. The molecule has 1 aliphatic rings. The molecule has 0 fully saturated rings.